The van der Waals surface area contributed by atoms with Crippen LogP contribution >= 0.6 is 0 Å². The number of halogens is 3. The van der Waals surface area contributed by atoms with Crippen molar-refractivity contribution in [1.82, 2.24) is 5.32 Å². The lowest BCUT2D eigenvalue weighted by Gasteiger charge is -2.19. The molecule has 0 fully saturated rings. The SMILES string of the molecule is O=C(O)CC(NC(=O)c1cc(-c2cccc(C(F)(F)F)c2)ccc1O)c1ccc(-c2ccccc2)cc1. The third-order valence-corrected chi connectivity index (χ3v) is 5.87. The smallest absolute Gasteiger partial charge is 0.416 e. The summed E-state index contributed by atoms with van der Waals surface area (Å²) >= 11 is 0. The minimum Gasteiger partial charge on any atom is -0.507 e. The topological polar surface area (TPSA) is 86.6 Å². The quantitative estimate of drug-likeness (QED) is 0.261. The molecule has 0 aliphatic carbocycles. The molecule has 37 heavy (non-hydrogen) atoms. The predicted octanol–water partition coefficient (Wildman–Crippen LogP) is 6.69. The Morgan fingerprint density at radius 2 is 1.35 bits per heavy atom. The number of nitrogens with one attached hydrogen (secondary N) is 1. The molecule has 0 spiro atoms. The van der Waals surface area contributed by atoms with Crippen molar-refractivity contribution in [2.24, 2.45) is 0 Å². The number of carboxylic acids is 1. The van der Waals surface area contributed by atoms with Gasteiger partial charge in [0.15, 0.2) is 0 Å². The first-order valence-corrected chi connectivity index (χ1v) is 11.3. The van der Waals surface area contributed by atoms with Crippen molar-refractivity contribution in [3.05, 3.63) is 114 Å². The van der Waals surface area contributed by atoms with Crippen LogP contribution in [0.15, 0.2) is 97.1 Å². The van der Waals surface area contributed by atoms with E-state index in [1.807, 2.05) is 42.5 Å². The Morgan fingerprint density at radius 1 is 0.757 bits per heavy atom. The molecule has 0 radical (unpaired) electrons. The number of amides is 1. The van der Waals surface area contributed by atoms with Gasteiger partial charge in [0.05, 0.1) is 23.6 Å². The number of alkyl halides is 3. The normalized spacial score (nSPS) is 12.1. The average Bonchev–Trinajstić information content (AvgIpc) is 2.88. The van der Waals surface area contributed by atoms with Gasteiger partial charge >= 0.3 is 12.1 Å². The number of aliphatic carboxylic acids is 1. The molecule has 188 valence electrons. The van der Waals surface area contributed by atoms with Crippen molar-refractivity contribution in [3.63, 3.8) is 0 Å². The van der Waals surface area contributed by atoms with Crippen LogP contribution in [0.5, 0.6) is 5.75 Å². The minimum absolute atomic E-state index is 0.189. The Hall–Kier alpha value is -4.59. The van der Waals surface area contributed by atoms with Crippen LogP contribution in [0.1, 0.15) is 33.9 Å². The molecular weight excluding hydrogens is 483 g/mol. The zero-order valence-corrected chi connectivity index (χ0v) is 19.4. The number of aromatic hydroxyl groups is 1. The van der Waals surface area contributed by atoms with E-state index < -0.39 is 36.1 Å². The highest BCUT2D eigenvalue weighted by Crippen LogP contribution is 2.33. The van der Waals surface area contributed by atoms with Crippen LogP contribution in [0.3, 0.4) is 0 Å². The van der Waals surface area contributed by atoms with Crippen LogP contribution < -0.4 is 5.32 Å². The maximum atomic E-state index is 13.1. The van der Waals surface area contributed by atoms with E-state index in [0.29, 0.717) is 5.56 Å². The Labute approximate surface area is 210 Å². The Bertz CT molecular complexity index is 1420. The number of hydrogen-bond donors (Lipinski definition) is 3. The summed E-state index contributed by atoms with van der Waals surface area (Å²) in [6.07, 6.45) is -4.95. The molecule has 3 N–H and O–H groups in total. The Morgan fingerprint density at radius 3 is 2.00 bits per heavy atom. The second-order valence-electron chi connectivity index (χ2n) is 8.42. The molecule has 0 saturated carbocycles. The van der Waals surface area contributed by atoms with Gasteiger partial charge in [0, 0.05) is 0 Å². The summed E-state index contributed by atoms with van der Waals surface area (Å²) in [7, 11) is 0. The maximum absolute atomic E-state index is 13.1. The third-order valence-electron chi connectivity index (χ3n) is 5.87. The molecule has 5 nitrogen and oxygen atoms in total. The van der Waals surface area contributed by atoms with Gasteiger partial charge in [0.1, 0.15) is 5.75 Å². The number of hydrogen-bond acceptors (Lipinski definition) is 3. The average molecular weight is 505 g/mol. The first-order chi connectivity index (χ1) is 17.6. The molecule has 0 aromatic heterocycles. The fourth-order valence-electron chi connectivity index (χ4n) is 3.97. The van der Waals surface area contributed by atoms with E-state index in [0.717, 1.165) is 23.3 Å². The largest absolute Gasteiger partial charge is 0.507 e. The van der Waals surface area contributed by atoms with Crippen LogP contribution in [0, 0.1) is 0 Å². The van der Waals surface area contributed by atoms with Gasteiger partial charge in [0.2, 0.25) is 0 Å². The van der Waals surface area contributed by atoms with Crippen molar-refractivity contribution in [3.8, 4) is 28.0 Å². The van der Waals surface area contributed by atoms with E-state index in [1.54, 1.807) is 12.1 Å². The van der Waals surface area contributed by atoms with E-state index >= 15 is 0 Å². The number of carboxylic acid groups (broad SMARTS) is 1. The van der Waals surface area contributed by atoms with Gasteiger partial charge in [-0.1, -0.05) is 72.8 Å². The van der Waals surface area contributed by atoms with Crippen molar-refractivity contribution in [1.29, 1.82) is 0 Å². The molecule has 0 bridgehead atoms. The van der Waals surface area contributed by atoms with Crippen molar-refractivity contribution in [2.75, 3.05) is 0 Å². The summed E-state index contributed by atoms with van der Waals surface area (Å²) in [5.41, 5.74) is 1.90. The van der Waals surface area contributed by atoms with Crippen molar-refractivity contribution >= 4 is 11.9 Å². The monoisotopic (exact) mass is 505 g/mol. The molecule has 8 heteroatoms. The molecule has 4 aromatic rings. The van der Waals surface area contributed by atoms with Crippen molar-refractivity contribution < 1.29 is 33.0 Å². The first kappa shape index (κ1) is 25.5. The van der Waals surface area contributed by atoms with E-state index in [9.17, 15) is 33.0 Å². The standard InChI is InChI=1S/C29H22F3NO4/c30-29(31,32)23-8-4-7-21(15-23)22-13-14-26(34)24(16-22)28(37)33-25(17-27(35)36)20-11-9-19(10-12-20)18-5-2-1-3-6-18/h1-16,25,34H,17H2,(H,33,37)(H,35,36). The number of rotatable bonds is 7. The fraction of sp³-hybridized carbons (Fsp3) is 0.103. The number of phenols is 1. The summed E-state index contributed by atoms with van der Waals surface area (Å²) in [6, 6.07) is 24.2. The summed E-state index contributed by atoms with van der Waals surface area (Å²) in [4.78, 5) is 24.6. The van der Waals surface area contributed by atoms with Crippen LogP contribution in [-0.4, -0.2) is 22.1 Å². The molecule has 0 saturated heterocycles. The molecule has 1 amide bonds. The highest BCUT2D eigenvalue weighted by molar-refractivity contribution is 5.98. The zero-order chi connectivity index (χ0) is 26.6. The summed E-state index contributed by atoms with van der Waals surface area (Å²) < 4.78 is 39.4. The van der Waals surface area contributed by atoms with Gasteiger partial charge in [-0.2, -0.15) is 13.2 Å². The van der Waals surface area contributed by atoms with Gasteiger partial charge in [-0.3, -0.25) is 9.59 Å². The molecule has 0 heterocycles. The molecule has 1 unspecified atom stereocenters. The van der Waals surface area contributed by atoms with Gasteiger partial charge in [0.25, 0.3) is 5.91 Å². The highest BCUT2D eigenvalue weighted by Gasteiger charge is 2.30. The molecule has 4 aromatic carbocycles. The second kappa shape index (κ2) is 10.6. The van der Waals surface area contributed by atoms with Crippen LogP contribution in [0.25, 0.3) is 22.3 Å². The maximum Gasteiger partial charge on any atom is 0.416 e. The molecular formula is C29H22F3NO4. The van der Waals surface area contributed by atoms with Crippen LogP contribution in [-0.2, 0) is 11.0 Å². The molecule has 0 aliphatic rings. The molecule has 0 aliphatic heterocycles. The summed E-state index contributed by atoms with van der Waals surface area (Å²) in [5.74, 6) is -2.29. The lowest BCUT2D eigenvalue weighted by atomic mass is 9.98. The lowest BCUT2D eigenvalue weighted by Crippen LogP contribution is -2.30. The van der Waals surface area contributed by atoms with Gasteiger partial charge in [-0.05, 0) is 52.1 Å². The molecule has 4 rings (SSSR count). The lowest BCUT2D eigenvalue weighted by molar-refractivity contribution is -0.138. The summed E-state index contributed by atoms with van der Waals surface area (Å²) in [6.45, 7) is 0. The van der Waals surface area contributed by atoms with Gasteiger partial charge in [-0.15, -0.1) is 0 Å². The van der Waals surface area contributed by atoms with E-state index in [-0.39, 0.29) is 22.4 Å². The predicted molar refractivity (Wildman–Crippen MR) is 133 cm³/mol. The second-order valence-corrected chi connectivity index (χ2v) is 8.42. The van der Waals surface area contributed by atoms with E-state index in [2.05, 4.69) is 5.32 Å². The van der Waals surface area contributed by atoms with Crippen LogP contribution in [0.2, 0.25) is 0 Å². The van der Waals surface area contributed by atoms with E-state index in [1.165, 1.54) is 30.3 Å². The Balaban J connectivity index is 1.61. The fourth-order valence-corrected chi connectivity index (χ4v) is 3.97. The van der Waals surface area contributed by atoms with E-state index in [4.69, 9.17) is 0 Å². The van der Waals surface area contributed by atoms with Crippen LogP contribution in [0.4, 0.5) is 13.2 Å². The van der Waals surface area contributed by atoms with Crippen molar-refractivity contribution in [2.45, 2.75) is 18.6 Å². The number of phenolic OH excluding ortho intramolecular Hbond substituents is 1. The molecule has 1 atom stereocenters. The Kier molecular flexibility index (Phi) is 7.29. The third kappa shape index (κ3) is 6.16. The number of carbonyl (C=O) groups excluding carboxylic acids is 1. The highest BCUT2D eigenvalue weighted by atomic mass is 19.4. The zero-order valence-electron chi connectivity index (χ0n) is 19.4. The first-order valence-electron chi connectivity index (χ1n) is 11.3. The van der Waals surface area contributed by atoms with Gasteiger partial charge < -0.3 is 15.5 Å². The number of carbonyl (C=O) groups is 2. The summed E-state index contributed by atoms with van der Waals surface area (Å²) in [5, 5.41) is 22.4. The van der Waals surface area contributed by atoms with Gasteiger partial charge in [-0.25, -0.2) is 0 Å². The minimum atomic E-state index is -4.53. The number of benzene rings is 4.